The maximum absolute atomic E-state index is 12.7. The van der Waals surface area contributed by atoms with E-state index in [1.165, 1.54) is 4.91 Å². The molecular formula is C17H18N2OS. The van der Waals surface area contributed by atoms with Gasteiger partial charge >= 0.3 is 0 Å². The molecule has 3 nitrogen and oxygen atoms in total. The Morgan fingerprint density at radius 2 is 2.14 bits per heavy atom. The van der Waals surface area contributed by atoms with Crippen molar-refractivity contribution in [2.24, 2.45) is 5.73 Å². The summed E-state index contributed by atoms with van der Waals surface area (Å²) in [6, 6.07) is 9.41. The van der Waals surface area contributed by atoms with Gasteiger partial charge in [-0.3, -0.25) is 4.79 Å². The summed E-state index contributed by atoms with van der Waals surface area (Å²) in [4.78, 5) is 13.8. The van der Waals surface area contributed by atoms with E-state index < -0.39 is 6.04 Å². The number of nitrogens with two attached hydrogens (primary N) is 1. The van der Waals surface area contributed by atoms with Crippen LogP contribution in [0.4, 0.5) is 0 Å². The first kappa shape index (κ1) is 14.2. The summed E-state index contributed by atoms with van der Waals surface area (Å²) in [6.07, 6.45) is 5.58. The number of carbonyl (C=O) groups excluding carboxylic acids is 1. The van der Waals surface area contributed by atoms with E-state index >= 15 is 0 Å². The Bertz CT molecular complexity index is 631. The quantitative estimate of drug-likeness (QED) is 0.897. The van der Waals surface area contributed by atoms with Gasteiger partial charge in [0.15, 0.2) is 5.78 Å². The molecule has 0 bridgehead atoms. The lowest BCUT2D eigenvalue weighted by Crippen LogP contribution is -2.39. The predicted octanol–water partition coefficient (Wildman–Crippen LogP) is 2.52. The summed E-state index contributed by atoms with van der Waals surface area (Å²) in [7, 11) is 0. The van der Waals surface area contributed by atoms with Crippen molar-refractivity contribution in [1.82, 2.24) is 5.32 Å². The molecule has 0 spiro atoms. The van der Waals surface area contributed by atoms with Gasteiger partial charge in [-0.25, -0.2) is 0 Å². The summed E-state index contributed by atoms with van der Waals surface area (Å²) in [5, 5.41) is 5.29. The molecule has 0 fully saturated rings. The van der Waals surface area contributed by atoms with Crippen molar-refractivity contribution in [2.75, 3.05) is 6.54 Å². The predicted molar refractivity (Wildman–Crippen MR) is 87.6 cm³/mol. The zero-order valence-corrected chi connectivity index (χ0v) is 12.5. The molecule has 0 aromatic heterocycles. The Balaban J connectivity index is 1.79. The van der Waals surface area contributed by atoms with Crippen molar-refractivity contribution >= 4 is 17.5 Å². The first-order valence-corrected chi connectivity index (χ1v) is 7.96. The molecule has 1 atom stereocenters. The highest BCUT2D eigenvalue weighted by molar-refractivity contribution is 8.06. The lowest BCUT2D eigenvalue weighted by Gasteiger charge is -2.24. The summed E-state index contributed by atoms with van der Waals surface area (Å²) < 4.78 is 0. The number of hydrogen-bond donors (Lipinski definition) is 2. The number of dihydropyridines is 1. The molecule has 1 aromatic carbocycles. The molecule has 4 heteroatoms. The second kappa shape index (κ2) is 6.33. The number of allylic oxidation sites excluding steroid dienone is 2. The van der Waals surface area contributed by atoms with E-state index in [2.05, 4.69) is 22.9 Å². The molecule has 108 valence electrons. The van der Waals surface area contributed by atoms with Crippen LogP contribution >= 0.6 is 11.8 Å². The third-order valence-electron chi connectivity index (χ3n) is 3.66. The van der Waals surface area contributed by atoms with Gasteiger partial charge in [0.2, 0.25) is 0 Å². The third-order valence-corrected chi connectivity index (χ3v) is 4.66. The topological polar surface area (TPSA) is 55.1 Å². The third kappa shape index (κ3) is 3.12. The van der Waals surface area contributed by atoms with Crippen LogP contribution in [0.25, 0.3) is 0 Å². The fourth-order valence-electron chi connectivity index (χ4n) is 2.59. The first-order valence-electron chi connectivity index (χ1n) is 7.08. The van der Waals surface area contributed by atoms with Crippen LogP contribution in [0.5, 0.6) is 0 Å². The number of thioether (sulfide) groups is 1. The van der Waals surface area contributed by atoms with Crippen molar-refractivity contribution in [1.29, 1.82) is 0 Å². The molecule has 3 rings (SSSR count). The van der Waals surface area contributed by atoms with Crippen LogP contribution in [-0.2, 0) is 11.2 Å². The molecule has 3 N–H and O–H groups in total. The number of nitrogens with one attached hydrogen (secondary N) is 1. The molecule has 2 heterocycles. The van der Waals surface area contributed by atoms with Crippen molar-refractivity contribution in [3.63, 3.8) is 0 Å². The maximum Gasteiger partial charge on any atom is 0.195 e. The van der Waals surface area contributed by atoms with E-state index in [-0.39, 0.29) is 5.78 Å². The molecule has 0 amide bonds. The van der Waals surface area contributed by atoms with Crippen LogP contribution in [0.1, 0.15) is 12.0 Å². The zero-order chi connectivity index (χ0) is 14.7. The summed E-state index contributed by atoms with van der Waals surface area (Å²) >= 11 is 1.67. The van der Waals surface area contributed by atoms with Gasteiger partial charge in [-0.15, -0.1) is 0 Å². The van der Waals surface area contributed by atoms with Gasteiger partial charge in [-0.1, -0.05) is 54.2 Å². The molecule has 2 aliphatic rings. The van der Waals surface area contributed by atoms with Gasteiger partial charge in [0, 0.05) is 11.4 Å². The minimum absolute atomic E-state index is 0.00959. The van der Waals surface area contributed by atoms with Gasteiger partial charge in [0.1, 0.15) is 0 Å². The normalized spacial score (nSPS) is 18.6. The van der Waals surface area contributed by atoms with Gasteiger partial charge in [0.25, 0.3) is 0 Å². The molecule has 2 aliphatic heterocycles. The second-order valence-corrected chi connectivity index (χ2v) is 6.10. The molecule has 21 heavy (non-hydrogen) atoms. The van der Waals surface area contributed by atoms with Crippen LogP contribution in [-0.4, -0.2) is 18.4 Å². The number of Topliss-reactive ketones (excluding diaryl/α,β-unsaturated/α-hetero) is 1. The number of ketones is 1. The fraction of sp³-hybridized carbons (Fsp3) is 0.235. The molecule has 0 radical (unpaired) electrons. The van der Waals surface area contributed by atoms with Crippen molar-refractivity contribution in [3.05, 3.63) is 69.6 Å². The van der Waals surface area contributed by atoms with Gasteiger partial charge < -0.3 is 11.1 Å². The Kier molecular flexibility index (Phi) is 4.27. The number of carbonyl (C=O) groups is 1. The number of fused-ring (bicyclic) bond motifs is 1. The average molecular weight is 298 g/mol. The van der Waals surface area contributed by atoms with Gasteiger partial charge in [-0.2, -0.15) is 0 Å². The van der Waals surface area contributed by atoms with Crippen LogP contribution < -0.4 is 11.1 Å². The highest BCUT2D eigenvalue weighted by Gasteiger charge is 2.26. The number of hydrogen-bond acceptors (Lipinski definition) is 4. The highest BCUT2D eigenvalue weighted by Crippen LogP contribution is 2.35. The number of benzene rings is 1. The van der Waals surface area contributed by atoms with Crippen molar-refractivity contribution in [2.45, 2.75) is 18.9 Å². The zero-order valence-electron chi connectivity index (χ0n) is 11.7. The molecular weight excluding hydrogens is 280 g/mol. The Morgan fingerprint density at radius 3 is 2.95 bits per heavy atom. The summed E-state index contributed by atoms with van der Waals surface area (Å²) in [6.45, 7) is 0.693. The highest BCUT2D eigenvalue weighted by atomic mass is 32.2. The minimum atomic E-state index is -0.502. The monoisotopic (exact) mass is 298 g/mol. The van der Waals surface area contributed by atoms with E-state index in [9.17, 15) is 4.79 Å². The van der Waals surface area contributed by atoms with E-state index in [0.29, 0.717) is 18.7 Å². The SMILES string of the molecule is NC(Cc1ccccc1)C(=O)C1=C2CC=CSC2=CCN1. The van der Waals surface area contributed by atoms with Crippen LogP contribution in [0.2, 0.25) is 0 Å². The standard InChI is InChI=1S/C17H18N2OS/c18-14(11-12-5-2-1-3-6-12)17(20)16-13-7-4-10-21-15(13)8-9-19-16/h1-6,8,10,14,19H,7,9,11,18H2. The maximum atomic E-state index is 12.7. The van der Waals surface area contributed by atoms with E-state index in [1.807, 2.05) is 30.3 Å². The van der Waals surface area contributed by atoms with Crippen molar-refractivity contribution in [3.8, 4) is 0 Å². The van der Waals surface area contributed by atoms with Crippen LogP contribution in [0.15, 0.2) is 64.1 Å². The molecule has 1 unspecified atom stereocenters. The second-order valence-electron chi connectivity index (χ2n) is 5.16. The Hall–Kier alpha value is -1.78. The Labute approximate surface area is 129 Å². The van der Waals surface area contributed by atoms with Gasteiger partial charge in [0.05, 0.1) is 11.7 Å². The smallest absolute Gasteiger partial charge is 0.195 e. The lowest BCUT2D eigenvalue weighted by molar-refractivity contribution is -0.117. The fourth-order valence-corrected chi connectivity index (χ4v) is 3.44. The van der Waals surface area contributed by atoms with Gasteiger partial charge in [-0.05, 0) is 29.4 Å². The molecule has 1 aromatic rings. The van der Waals surface area contributed by atoms with E-state index in [1.54, 1.807) is 11.8 Å². The first-order chi connectivity index (χ1) is 10.3. The van der Waals surface area contributed by atoms with E-state index in [0.717, 1.165) is 17.6 Å². The summed E-state index contributed by atoms with van der Waals surface area (Å²) in [5.74, 6) is 0.00959. The Morgan fingerprint density at radius 1 is 1.33 bits per heavy atom. The van der Waals surface area contributed by atoms with Crippen molar-refractivity contribution < 1.29 is 4.79 Å². The van der Waals surface area contributed by atoms with Crippen LogP contribution in [0, 0.1) is 0 Å². The molecule has 0 saturated carbocycles. The summed E-state index contributed by atoms with van der Waals surface area (Å²) in [5.41, 5.74) is 9.01. The molecule has 0 saturated heterocycles. The minimum Gasteiger partial charge on any atom is -0.378 e. The van der Waals surface area contributed by atoms with Crippen LogP contribution in [0.3, 0.4) is 0 Å². The average Bonchev–Trinajstić information content (AvgIpc) is 2.54. The number of rotatable bonds is 4. The molecule has 0 aliphatic carbocycles. The largest absolute Gasteiger partial charge is 0.378 e. The lowest BCUT2D eigenvalue weighted by atomic mass is 9.96. The van der Waals surface area contributed by atoms with E-state index in [4.69, 9.17) is 5.73 Å².